The van der Waals surface area contributed by atoms with Crippen LogP contribution in [0.5, 0.6) is 0 Å². The molecule has 4 amide bonds. The summed E-state index contributed by atoms with van der Waals surface area (Å²) in [4.78, 5) is 88.8. The Balaban J connectivity index is 3.29. The highest BCUT2D eigenvalue weighted by Crippen LogP contribution is 2.09. The summed E-state index contributed by atoms with van der Waals surface area (Å²) in [5, 5.41) is 25.2. The van der Waals surface area contributed by atoms with E-state index in [9.17, 15) is 38.7 Å². The van der Waals surface area contributed by atoms with Gasteiger partial charge in [0.15, 0.2) is 1.41 Å². The first-order chi connectivity index (χ1) is 24.3. The molecule has 268 valence electrons. The lowest BCUT2D eigenvalue weighted by Gasteiger charge is -2.26. The minimum absolute atomic E-state index is 0.0320. The fourth-order valence-corrected chi connectivity index (χ4v) is 4.54. The third kappa shape index (κ3) is 16.8. The summed E-state index contributed by atoms with van der Waals surface area (Å²) in [7, 11) is 0. The van der Waals surface area contributed by atoms with Crippen LogP contribution in [0.4, 0.5) is 0 Å². The second-order valence-corrected chi connectivity index (χ2v) is 11.2. The lowest BCUT2D eigenvalue weighted by Crippen LogP contribution is -2.58. The molecule has 0 aromatic heterocycles. The monoisotopic (exact) mass is 682 g/mol. The van der Waals surface area contributed by atoms with Crippen molar-refractivity contribution >= 4 is 41.5 Å². The largest absolute Gasteiger partial charge is 0.481 e. The van der Waals surface area contributed by atoms with Gasteiger partial charge in [-0.3, -0.25) is 28.8 Å². The zero-order chi connectivity index (χ0) is 38.3. The normalized spacial score (nSPS) is 14.7. The fourth-order valence-electron chi connectivity index (χ4n) is 4.54. The molecule has 0 aliphatic heterocycles. The van der Waals surface area contributed by atoms with E-state index >= 15 is 0 Å². The average Bonchev–Trinajstić information content (AvgIpc) is 3.12. The van der Waals surface area contributed by atoms with Gasteiger partial charge in [-0.15, -0.1) is 0 Å². The number of amides is 4. The van der Waals surface area contributed by atoms with Crippen LogP contribution in [0.25, 0.3) is 2.86 Å². The van der Waals surface area contributed by atoms with Crippen molar-refractivity contribution in [1.82, 2.24) is 21.3 Å². The molecule has 1 aromatic rings. The van der Waals surface area contributed by atoms with Crippen LogP contribution in [-0.4, -0.2) is 100 Å². The van der Waals surface area contributed by atoms with Crippen molar-refractivity contribution < 1.29 is 50.3 Å². The number of unbranched alkanes of at least 4 members (excludes halogenated alkanes) is 2. The summed E-state index contributed by atoms with van der Waals surface area (Å²) in [5.41, 5.74) is 17.6. The highest BCUT2D eigenvalue weighted by molar-refractivity contribution is 5.95. The molecule has 0 saturated carbocycles. The number of hydrogen-bond acceptors (Lipinski definition) is 12. The van der Waals surface area contributed by atoms with Gasteiger partial charge in [0.1, 0.15) is 24.2 Å². The van der Waals surface area contributed by atoms with E-state index in [1.165, 1.54) is 0 Å². The minimum atomic E-state index is -1.55. The second-order valence-electron chi connectivity index (χ2n) is 11.2. The summed E-state index contributed by atoms with van der Waals surface area (Å²) in [6.45, 7) is 0.505. The Hall–Kier alpha value is -4.61. The third-order valence-corrected chi connectivity index (χ3v) is 7.24. The molecule has 48 heavy (non-hydrogen) atoms. The molecule has 17 nitrogen and oxygen atoms in total. The molecule has 13 N–H and O–H groups in total. The Bertz CT molecular complexity index is 1300. The van der Waals surface area contributed by atoms with Gasteiger partial charge in [0.05, 0.1) is 6.04 Å². The summed E-state index contributed by atoms with van der Waals surface area (Å²) < 4.78 is 21.9. The molecular weight excluding hydrogens is 630 g/mol. The first-order valence-corrected chi connectivity index (χ1v) is 15.8. The summed E-state index contributed by atoms with van der Waals surface area (Å²) in [6, 6.07) is 1.41. The van der Waals surface area contributed by atoms with Gasteiger partial charge in [0.25, 0.3) is 2.86 Å². The van der Waals surface area contributed by atoms with E-state index in [4.69, 9.17) is 21.5 Å². The number of nitrogens with one attached hydrogen (secondary N) is 4. The molecule has 0 aliphatic carbocycles. The molecule has 0 saturated heterocycles. The Labute approximate surface area is 283 Å². The molecular formula is C31H49N7O10. The van der Waals surface area contributed by atoms with Crippen LogP contribution in [0.15, 0.2) is 30.3 Å². The predicted octanol–water partition coefficient (Wildman–Crippen LogP) is -1.43. The van der Waals surface area contributed by atoms with Crippen molar-refractivity contribution in [2.45, 2.75) is 101 Å². The number of carboxylic acid groups (broad SMARTS) is 3. The number of nitrogens with two attached hydrogens (primary N) is 3. The molecule has 0 fully saturated rings. The van der Waals surface area contributed by atoms with Crippen molar-refractivity contribution in [3.05, 3.63) is 35.9 Å². The van der Waals surface area contributed by atoms with E-state index in [2.05, 4.69) is 26.2 Å². The second kappa shape index (κ2) is 22.8. The lowest BCUT2D eigenvalue weighted by molar-refractivity contribution is -0.142. The van der Waals surface area contributed by atoms with Crippen LogP contribution in [0, 0.1) is 0 Å². The van der Waals surface area contributed by atoms with Gasteiger partial charge in [-0.2, -0.15) is 0 Å². The minimum Gasteiger partial charge on any atom is -0.481 e. The quantitative estimate of drug-likeness (QED) is 0.0530. The maximum atomic E-state index is 13.6. The zero-order valence-electron chi connectivity index (χ0n) is 29.8. The number of carbonyl (C=O) groups excluding carboxylic acids is 4. The van der Waals surface area contributed by atoms with Gasteiger partial charge < -0.3 is 53.8 Å². The van der Waals surface area contributed by atoms with Crippen molar-refractivity contribution in [2.75, 3.05) is 13.1 Å². The van der Waals surface area contributed by atoms with Crippen LogP contribution in [0.1, 0.15) is 69.8 Å². The molecule has 0 spiro atoms. The van der Waals surface area contributed by atoms with Gasteiger partial charge in [0, 0.05) is 19.3 Å². The standard InChI is InChI=1S/C31H49N7O10/c32-16-6-4-10-21(35-27(43)20(34)12-14-25(39)40)28(44)37-23(13-15-26(41)42)30(46)36-22(11-5-7-17-33)29(45)38-24(31(47)48)18-19-8-2-1-3-9-19/h1-3,8-9,20-24H,4-7,10-18,32-34H2,(H,35,43)(H,36,46)(H,37,44)(H,38,45)(H,39,40)(H,41,42)(H,47,48)/t20-,21+,22+,23+,24+/m1/s1/i/hD3. The van der Waals surface area contributed by atoms with E-state index in [-0.39, 0.29) is 45.2 Å². The summed E-state index contributed by atoms with van der Waals surface area (Å²) in [5.74, 6) is -7.15. The van der Waals surface area contributed by atoms with Crippen molar-refractivity contribution in [3.8, 4) is 0 Å². The lowest BCUT2D eigenvalue weighted by atomic mass is 10.0. The maximum absolute atomic E-state index is 13.6. The van der Waals surface area contributed by atoms with Gasteiger partial charge in [0.2, 0.25) is 23.6 Å². The Morgan fingerprint density at radius 1 is 0.667 bits per heavy atom. The smallest absolute Gasteiger partial charge is 0.326 e. The number of carboxylic acids is 3. The fraction of sp³-hybridized carbons (Fsp3) is 0.581. The van der Waals surface area contributed by atoms with Gasteiger partial charge in [-0.05, 0) is 70.0 Å². The first kappa shape index (κ1) is 36.2. The van der Waals surface area contributed by atoms with E-state index in [1.54, 1.807) is 30.3 Å². The number of rotatable bonds is 25. The van der Waals surface area contributed by atoms with Crippen LogP contribution in [-0.2, 0) is 40.0 Å². The van der Waals surface area contributed by atoms with Gasteiger partial charge in [-0.1, -0.05) is 30.3 Å². The molecule has 0 aliphatic rings. The zero-order valence-corrected chi connectivity index (χ0v) is 26.8. The molecule has 1 aromatic carbocycles. The molecule has 0 bridgehead atoms. The molecule has 5 atom stereocenters. The highest BCUT2D eigenvalue weighted by atomic mass is 16.4. The van der Waals surface area contributed by atoms with Crippen molar-refractivity contribution in [3.63, 3.8) is 0 Å². The van der Waals surface area contributed by atoms with Crippen LogP contribution < -0.4 is 38.5 Å². The Kier molecular flexibility index (Phi) is 17.2. The van der Waals surface area contributed by atoms with Crippen molar-refractivity contribution in [2.24, 2.45) is 17.2 Å². The van der Waals surface area contributed by atoms with E-state index in [0.29, 0.717) is 30.1 Å². The number of benzene rings is 1. The summed E-state index contributed by atoms with van der Waals surface area (Å²) >= 11 is 0. The average molecular weight is 683 g/mol. The van der Waals surface area contributed by atoms with Crippen molar-refractivity contribution in [1.29, 1.82) is 2.86 Å². The topological polar surface area (TPSA) is 306 Å². The Morgan fingerprint density at radius 3 is 1.67 bits per heavy atom. The third-order valence-electron chi connectivity index (χ3n) is 7.24. The highest BCUT2D eigenvalue weighted by Gasteiger charge is 2.32. The number of carbonyl (C=O) groups is 7. The van der Waals surface area contributed by atoms with Gasteiger partial charge >= 0.3 is 17.9 Å². The van der Waals surface area contributed by atoms with Gasteiger partial charge in [-0.25, -0.2) is 4.79 Å². The molecule has 0 radical (unpaired) electrons. The predicted molar refractivity (Wildman–Crippen MR) is 173 cm³/mol. The number of aliphatic carboxylic acids is 3. The SMILES string of the molecule is [2H]OC(=O)CC[C@@H](N)C(=O)N([2H])[C@@H](CCCCN)C(=O)N[C@@H](CCC(=O)O[2H])C(=O)N[C@@H](CCCCN)C(=O)N[C@@H](Cc1ccccc1)C(=O)O. The molecule has 0 heterocycles. The van der Waals surface area contributed by atoms with Crippen LogP contribution in [0.2, 0.25) is 1.41 Å². The Morgan fingerprint density at radius 2 is 1.15 bits per heavy atom. The van der Waals surface area contributed by atoms with Crippen LogP contribution >= 0.6 is 0 Å². The van der Waals surface area contributed by atoms with E-state index in [0.717, 1.165) is 0 Å². The number of hydrogen-bond donors (Lipinski definition) is 10. The van der Waals surface area contributed by atoms with E-state index < -0.39 is 91.0 Å². The van der Waals surface area contributed by atoms with Crippen LogP contribution in [0.3, 0.4) is 0 Å². The first-order valence-electron chi connectivity index (χ1n) is 17.0. The molecule has 1 rings (SSSR count). The molecule has 0 unspecified atom stereocenters. The molecule has 17 heteroatoms. The van der Waals surface area contributed by atoms with E-state index in [1.807, 2.05) is 0 Å². The maximum Gasteiger partial charge on any atom is 0.326 e. The summed E-state index contributed by atoms with van der Waals surface area (Å²) in [6.07, 6.45) is -0.243.